The Hall–Kier alpha value is -2.25. The minimum Gasteiger partial charge on any atom is -0.368 e. The third kappa shape index (κ3) is 2.62. The van der Waals surface area contributed by atoms with Gasteiger partial charge in [-0.3, -0.25) is 0 Å². The van der Waals surface area contributed by atoms with Gasteiger partial charge in [0.05, 0.1) is 5.39 Å². The van der Waals surface area contributed by atoms with Crippen LogP contribution in [0.15, 0.2) is 29.6 Å². The van der Waals surface area contributed by atoms with Crippen molar-refractivity contribution in [1.29, 1.82) is 0 Å². The zero-order valence-corrected chi connectivity index (χ0v) is 13.2. The van der Waals surface area contributed by atoms with E-state index in [1.54, 1.807) is 12.1 Å². The highest BCUT2D eigenvalue weighted by Gasteiger charge is 2.20. The Morgan fingerprint density at radius 3 is 2.83 bits per heavy atom. The molecule has 5 nitrogen and oxygen atoms in total. The fourth-order valence-corrected chi connectivity index (χ4v) is 3.86. The van der Waals surface area contributed by atoms with Gasteiger partial charge in [0.1, 0.15) is 16.5 Å². The molecule has 3 aromatic rings. The lowest BCUT2D eigenvalue weighted by atomic mass is 10.1. The molecule has 3 N–H and O–H groups in total. The number of fused-ring (bicyclic) bond motifs is 1. The normalized spacial score (nSPS) is 15.3. The maximum absolute atomic E-state index is 13.6. The molecule has 0 bridgehead atoms. The Kier molecular flexibility index (Phi) is 3.59. The quantitative estimate of drug-likeness (QED) is 0.756. The third-order valence-electron chi connectivity index (χ3n) is 3.98. The molecular formula is C16H16FN5S. The van der Waals surface area contributed by atoms with E-state index in [0.717, 1.165) is 53.3 Å². The summed E-state index contributed by atoms with van der Waals surface area (Å²) in [6.45, 7) is 3.55. The van der Waals surface area contributed by atoms with Crippen molar-refractivity contribution in [2.45, 2.75) is 0 Å². The van der Waals surface area contributed by atoms with Gasteiger partial charge in [-0.1, -0.05) is 12.1 Å². The molecule has 4 rings (SSSR count). The van der Waals surface area contributed by atoms with E-state index >= 15 is 0 Å². The Morgan fingerprint density at radius 1 is 1.22 bits per heavy atom. The van der Waals surface area contributed by atoms with Crippen molar-refractivity contribution in [2.24, 2.45) is 0 Å². The lowest BCUT2D eigenvalue weighted by Crippen LogP contribution is -2.44. The molecule has 0 amide bonds. The van der Waals surface area contributed by atoms with Crippen LogP contribution < -0.4 is 16.0 Å². The maximum atomic E-state index is 13.6. The average Bonchev–Trinajstić information content (AvgIpc) is 2.98. The lowest BCUT2D eigenvalue weighted by Gasteiger charge is -2.29. The Labute approximate surface area is 137 Å². The van der Waals surface area contributed by atoms with Crippen LogP contribution in [0, 0.1) is 5.82 Å². The van der Waals surface area contributed by atoms with Gasteiger partial charge in [0.15, 0.2) is 0 Å². The van der Waals surface area contributed by atoms with Gasteiger partial charge in [-0.15, -0.1) is 11.3 Å². The van der Waals surface area contributed by atoms with E-state index in [4.69, 9.17) is 5.73 Å². The highest BCUT2D eigenvalue weighted by atomic mass is 32.1. The van der Waals surface area contributed by atoms with Gasteiger partial charge in [-0.2, -0.15) is 4.98 Å². The molecule has 0 atom stereocenters. The van der Waals surface area contributed by atoms with Crippen LogP contribution in [0.2, 0.25) is 0 Å². The number of anilines is 2. The molecule has 1 aliphatic rings. The van der Waals surface area contributed by atoms with E-state index in [9.17, 15) is 4.39 Å². The van der Waals surface area contributed by atoms with Crippen LogP contribution in [0.5, 0.6) is 0 Å². The fraction of sp³-hybridized carbons (Fsp3) is 0.250. The Morgan fingerprint density at radius 2 is 2.04 bits per heavy atom. The summed E-state index contributed by atoms with van der Waals surface area (Å²) in [6, 6.07) is 6.61. The minimum atomic E-state index is -0.248. The van der Waals surface area contributed by atoms with E-state index in [1.165, 1.54) is 17.4 Å². The minimum absolute atomic E-state index is 0.248. The first-order valence-electron chi connectivity index (χ1n) is 7.49. The van der Waals surface area contributed by atoms with E-state index in [0.29, 0.717) is 0 Å². The number of hydrogen-bond donors (Lipinski definition) is 2. The van der Waals surface area contributed by atoms with Crippen LogP contribution in [0.25, 0.3) is 21.3 Å². The predicted molar refractivity (Wildman–Crippen MR) is 92.3 cm³/mol. The molecule has 3 heterocycles. The molecular weight excluding hydrogens is 313 g/mol. The van der Waals surface area contributed by atoms with Gasteiger partial charge >= 0.3 is 0 Å². The summed E-state index contributed by atoms with van der Waals surface area (Å²) in [5.74, 6) is 0.870. The first kappa shape index (κ1) is 14.3. The fourth-order valence-electron chi connectivity index (χ4n) is 2.91. The van der Waals surface area contributed by atoms with Crippen LogP contribution in [-0.2, 0) is 0 Å². The van der Waals surface area contributed by atoms with Crippen molar-refractivity contribution < 1.29 is 4.39 Å². The third-order valence-corrected chi connectivity index (χ3v) is 4.86. The zero-order valence-electron chi connectivity index (χ0n) is 12.4. The van der Waals surface area contributed by atoms with Gasteiger partial charge in [0.25, 0.3) is 0 Å². The van der Waals surface area contributed by atoms with Crippen LogP contribution in [-0.4, -0.2) is 36.1 Å². The largest absolute Gasteiger partial charge is 0.368 e. The van der Waals surface area contributed by atoms with Gasteiger partial charge in [-0.05, 0) is 17.7 Å². The van der Waals surface area contributed by atoms with E-state index < -0.39 is 0 Å². The molecule has 7 heteroatoms. The number of benzene rings is 1. The Balaban J connectivity index is 1.92. The van der Waals surface area contributed by atoms with E-state index in [2.05, 4.69) is 20.2 Å². The molecule has 1 fully saturated rings. The number of aromatic nitrogens is 2. The number of nitrogens with two attached hydrogens (primary N) is 1. The van der Waals surface area contributed by atoms with Gasteiger partial charge in [-0.25, -0.2) is 9.37 Å². The van der Waals surface area contributed by atoms with Crippen molar-refractivity contribution in [3.8, 4) is 11.1 Å². The smallest absolute Gasteiger partial charge is 0.223 e. The summed E-state index contributed by atoms with van der Waals surface area (Å²) in [4.78, 5) is 11.9. The summed E-state index contributed by atoms with van der Waals surface area (Å²) in [5, 5.41) is 6.29. The first-order chi connectivity index (χ1) is 11.2. The molecule has 0 aliphatic carbocycles. The number of nitrogens with zero attached hydrogens (tertiary/aromatic N) is 3. The lowest BCUT2D eigenvalue weighted by molar-refractivity contribution is 0.586. The molecule has 1 aliphatic heterocycles. The first-order valence-corrected chi connectivity index (χ1v) is 8.36. The maximum Gasteiger partial charge on any atom is 0.223 e. The number of hydrogen-bond acceptors (Lipinski definition) is 6. The summed E-state index contributed by atoms with van der Waals surface area (Å²) < 4.78 is 13.6. The molecule has 0 spiro atoms. The monoisotopic (exact) mass is 329 g/mol. The molecule has 118 valence electrons. The van der Waals surface area contributed by atoms with Crippen LogP contribution in [0.1, 0.15) is 0 Å². The van der Waals surface area contributed by atoms with Crippen molar-refractivity contribution in [3.63, 3.8) is 0 Å². The molecule has 1 saturated heterocycles. The number of piperazine rings is 1. The Bertz CT molecular complexity index is 857. The number of nitrogens with one attached hydrogen (secondary N) is 1. The standard InChI is InChI=1S/C16H16FN5S/c17-11-3-1-2-10(8-11)12-9-23-15-13(12)14(20-16(18)21-15)22-6-4-19-5-7-22/h1-3,8-9,19H,4-7H2,(H2,18,20,21). The topological polar surface area (TPSA) is 67.1 Å². The van der Waals surface area contributed by atoms with Crippen molar-refractivity contribution in [1.82, 2.24) is 15.3 Å². The van der Waals surface area contributed by atoms with E-state index in [1.807, 2.05) is 11.4 Å². The number of thiophene rings is 1. The van der Waals surface area contributed by atoms with Gasteiger partial charge < -0.3 is 16.0 Å². The van der Waals surface area contributed by atoms with E-state index in [-0.39, 0.29) is 11.8 Å². The van der Waals surface area contributed by atoms with Gasteiger partial charge in [0, 0.05) is 37.1 Å². The molecule has 23 heavy (non-hydrogen) atoms. The van der Waals surface area contributed by atoms with Crippen molar-refractivity contribution in [3.05, 3.63) is 35.5 Å². The van der Waals surface area contributed by atoms with Crippen molar-refractivity contribution >= 4 is 33.3 Å². The summed E-state index contributed by atoms with van der Waals surface area (Å²) in [6.07, 6.45) is 0. The number of rotatable bonds is 2. The average molecular weight is 329 g/mol. The summed E-state index contributed by atoms with van der Waals surface area (Å²) >= 11 is 1.51. The second kappa shape index (κ2) is 5.75. The van der Waals surface area contributed by atoms with Crippen LogP contribution >= 0.6 is 11.3 Å². The van der Waals surface area contributed by atoms with Gasteiger partial charge in [0.2, 0.25) is 5.95 Å². The van der Waals surface area contributed by atoms with Crippen LogP contribution in [0.4, 0.5) is 16.2 Å². The summed E-state index contributed by atoms with van der Waals surface area (Å²) in [7, 11) is 0. The predicted octanol–water partition coefficient (Wildman–Crippen LogP) is 2.49. The SMILES string of the molecule is Nc1nc(N2CCNCC2)c2c(-c3cccc(F)c3)csc2n1. The highest BCUT2D eigenvalue weighted by molar-refractivity contribution is 7.17. The van der Waals surface area contributed by atoms with Crippen LogP contribution in [0.3, 0.4) is 0 Å². The van der Waals surface area contributed by atoms with Crippen molar-refractivity contribution in [2.75, 3.05) is 36.8 Å². The molecule has 0 saturated carbocycles. The zero-order chi connectivity index (χ0) is 15.8. The highest BCUT2D eigenvalue weighted by Crippen LogP contribution is 2.38. The molecule has 1 aromatic carbocycles. The molecule has 0 unspecified atom stereocenters. The molecule has 2 aromatic heterocycles. The second-order valence-electron chi connectivity index (χ2n) is 5.48. The second-order valence-corrected chi connectivity index (χ2v) is 6.34. The molecule has 0 radical (unpaired) electrons. The number of nitrogen functional groups attached to an aromatic ring is 1. The summed E-state index contributed by atoms with van der Waals surface area (Å²) in [5.41, 5.74) is 7.68. The number of halogens is 1.